The number of phenols is 1. The lowest BCUT2D eigenvalue weighted by Gasteiger charge is -2.04. The summed E-state index contributed by atoms with van der Waals surface area (Å²) in [5.41, 5.74) is 2.24. The second kappa shape index (κ2) is 6.64. The van der Waals surface area contributed by atoms with E-state index in [4.69, 9.17) is 4.42 Å². The highest BCUT2D eigenvalue weighted by molar-refractivity contribution is 7.99. The van der Waals surface area contributed by atoms with E-state index in [1.807, 2.05) is 31.2 Å². The maximum absolute atomic E-state index is 12.6. The first-order valence-electron chi connectivity index (χ1n) is 7.85. The Labute approximate surface area is 152 Å². The summed E-state index contributed by atoms with van der Waals surface area (Å²) in [4.78, 5) is 12.6. The lowest BCUT2D eigenvalue weighted by molar-refractivity contribution is 0.0993. The highest BCUT2D eigenvalue weighted by Gasteiger charge is 2.19. The highest BCUT2D eigenvalue weighted by Crippen LogP contribution is 2.27. The van der Waals surface area contributed by atoms with E-state index in [2.05, 4.69) is 15.5 Å². The molecule has 0 saturated heterocycles. The molecule has 0 radical (unpaired) electrons. The zero-order chi connectivity index (χ0) is 18.1. The van der Waals surface area contributed by atoms with Gasteiger partial charge >= 0.3 is 0 Å². The highest BCUT2D eigenvalue weighted by atomic mass is 32.2. The summed E-state index contributed by atoms with van der Waals surface area (Å²) in [6.07, 6.45) is 0. The molecule has 1 N–H and O–H groups in total. The summed E-state index contributed by atoms with van der Waals surface area (Å²) in [6, 6.07) is 14.1. The van der Waals surface area contributed by atoms with Crippen molar-refractivity contribution in [3.05, 3.63) is 59.9 Å². The van der Waals surface area contributed by atoms with Crippen LogP contribution < -0.4 is 0 Å². The van der Waals surface area contributed by atoms with E-state index in [9.17, 15) is 9.90 Å². The Morgan fingerprint density at radius 2 is 1.96 bits per heavy atom. The third-order valence-corrected chi connectivity index (χ3v) is 4.88. The summed E-state index contributed by atoms with van der Waals surface area (Å²) in [5.74, 6) is 0.553. The molecule has 7 nitrogen and oxygen atoms in total. The number of aromatic nitrogens is 4. The minimum Gasteiger partial charge on any atom is -0.508 e. The second-order valence-electron chi connectivity index (χ2n) is 5.65. The summed E-state index contributed by atoms with van der Waals surface area (Å²) in [6.45, 7) is 1.88. The van der Waals surface area contributed by atoms with Gasteiger partial charge in [0.05, 0.1) is 11.4 Å². The van der Waals surface area contributed by atoms with E-state index in [0.29, 0.717) is 22.2 Å². The third kappa shape index (κ3) is 2.95. The van der Waals surface area contributed by atoms with Crippen LogP contribution in [0.25, 0.3) is 16.7 Å². The first kappa shape index (κ1) is 16.3. The molecule has 0 aliphatic rings. The maximum atomic E-state index is 12.6. The summed E-state index contributed by atoms with van der Waals surface area (Å²) in [7, 11) is 0. The van der Waals surface area contributed by atoms with Crippen molar-refractivity contribution in [2.24, 2.45) is 0 Å². The van der Waals surface area contributed by atoms with Crippen LogP contribution in [0.3, 0.4) is 0 Å². The first-order valence-corrected chi connectivity index (χ1v) is 8.84. The van der Waals surface area contributed by atoms with E-state index >= 15 is 0 Å². The Hall–Kier alpha value is -3.13. The number of nitrogens with zero attached hydrogens (tertiary/aromatic N) is 4. The monoisotopic (exact) mass is 366 g/mol. The number of hydrogen-bond acceptors (Lipinski definition) is 7. The first-order chi connectivity index (χ1) is 12.6. The van der Waals surface area contributed by atoms with Gasteiger partial charge in [-0.15, -0.1) is 5.10 Å². The predicted octanol–water partition coefficient (Wildman–Crippen LogP) is 3.40. The van der Waals surface area contributed by atoms with Gasteiger partial charge in [-0.1, -0.05) is 30.0 Å². The summed E-state index contributed by atoms with van der Waals surface area (Å²) >= 11 is 1.23. The van der Waals surface area contributed by atoms with Gasteiger partial charge in [-0.2, -0.15) is 4.68 Å². The Morgan fingerprint density at radius 1 is 1.19 bits per heavy atom. The number of furan rings is 1. The number of phenolic OH excluding ortho intramolecular Hbond substituents is 1. The Morgan fingerprint density at radius 3 is 2.73 bits per heavy atom. The smallest absolute Gasteiger partial charge is 0.214 e. The largest absolute Gasteiger partial charge is 0.508 e. The van der Waals surface area contributed by atoms with Gasteiger partial charge in [0.15, 0.2) is 5.76 Å². The fourth-order valence-corrected chi connectivity index (χ4v) is 3.41. The van der Waals surface area contributed by atoms with Crippen molar-refractivity contribution >= 4 is 28.5 Å². The topological polar surface area (TPSA) is 94.0 Å². The van der Waals surface area contributed by atoms with Gasteiger partial charge in [0, 0.05) is 10.9 Å². The molecule has 2 aromatic carbocycles. The van der Waals surface area contributed by atoms with Crippen molar-refractivity contribution < 1.29 is 14.3 Å². The number of tetrazole rings is 1. The van der Waals surface area contributed by atoms with Crippen molar-refractivity contribution in [3.63, 3.8) is 0 Å². The molecule has 8 heteroatoms. The van der Waals surface area contributed by atoms with Gasteiger partial charge in [-0.25, -0.2) is 0 Å². The van der Waals surface area contributed by atoms with Crippen molar-refractivity contribution in [1.29, 1.82) is 0 Å². The van der Waals surface area contributed by atoms with Gasteiger partial charge in [-0.05, 0) is 47.7 Å². The van der Waals surface area contributed by atoms with Gasteiger partial charge < -0.3 is 9.52 Å². The zero-order valence-corrected chi connectivity index (χ0v) is 14.6. The quantitative estimate of drug-likeness (QED) is 0.427. The van der Waals surface area contributed by atoms with Crippen molar-refractivity contribution in [2.75, 3.05) is 5.75 Å². The number of benzene rings is 2. The van der Waals surface area contributed by atoms with Gasteiger partial charge in [0.1, 0.15) is 11.3 Å². The normalized spacial score (nSPS) is 11.1. The number of rotatable bonds is 5. The Kier molecular flexibility index (Phi) is 4.18. The lowest BCUT2D eigenvalue weighted by atomic mass is 10.1. The summed E-state index contributed by atoms with van der Waals surface area (Å²) < 4.78 is 7.23. The van der Waals surface area contributed by atoms with Crippen LogP contribution >= 0.6 is 11.8 Å². The van der Waals surface area contributed by atoms with Crippen LogP contribution in [0, 0.1) is 6.92 Å². The minimum absolute atomic E-state index is 0.121. The molecule has 0 bridgehead atoms. The molecule has 4 rings (SSSR count). The maximum Gasteiger partial charge on any atom is 0.214 e. The van der Waals surface area contributed by atoms with E-state index in [1.165, 1.54) is 16.4 Å². The molecule has 2 heterocycles. The molecule has 4 aromatic rings. The number of para-hydroxylation sites is 1. The number of carbonyl (C=O) groups is 1. The number of hydrogen-bond donors (Lipinski definition) is 1. The average Bonchev–Trinajstić information content (AvgIpc) is 3.25. The van der Waals surface area contributed by atoms with E-state index < -0.39 is 0 Å². The molecule has 0 aliphatic carbocycles. The minimum atomic E-state index is -0.121. The standard InChI is InChI=1S/C18H14N4O3S/c1-11-14-4-2-3-5-16(14)25-17(11)15(24)10-26-18-19-20-21-22(18)12-6-8-13(23)9-7-12/h2-9,23H,10H2,1H3. The van der Waals surface area contributed by atoms with Gasteiger partial charge in [0.2, 0.25) is 10.9 Å². The van der Waals surface area contributed by atoms with Crippen LogP contribution in [0.2, 0.25) is 0 Å². The van der Waals surface area contributed by atoms with Crippen molar-refractivity contribution in [2.45, 2.75) is 12.1 Å². The molecule has 0 aliphatic heterocycles. The van der Waals surface area contributed by atoms with E-state index in [1.54, 1.807) is 24.3 Å². The molecule has 130 valence electrons. The number of thioether (sulfide) groups is 1. The van der Waals surface area contributed by atoms with Crippen LogP contribution in [-0.4, -0.2) is 36.8 Å². The molecule has 0 spiro atoms. The number of fused-ring (bicyclic) bond motifs is 1. The molecule has 0 fully saturated rings. The van der Waals surface area contributed by atoms with Gasteiger partial charge in [-0.3, -0.25) is 4.79 Å². The Balaban J connectivity index is 1.54. The SMILES string of the molecule is Cc1c(C(=O)CSc2nnnn2-c2ccc(O)cc2)oc2ccccc12. The number of aryl methyl sites for hydroxylation is 1. The number of Topliss-reactive ketones (excluding diaryl/α,β-unsaturated/α-hetero) is 1. The van der Waals surface area contributed by atoms with Crippen LogP contribution in [0.15, 0.2) is 58.1 Å². The molecular formula is C18H14N4O3S. The van der Waals surface area contributed by atoms with E-state index in [0.717, 1.165) is 10.9 Å². The fourth-order valence-electron chi connectivity index (χ4n) is 2.66. The molecule has 2 aromatic heterocycles. The van der Waals surface area contributed by atoms with Gasteiger partial charge in [0.25, 0.3) is 0 Å². The summed E-state index contributed by atoms with van der Waals surface area (Å²) in [5, 5.41) is 22.4. The third-order valence-electron chi connectivity index (χ3n) is 3.96. The average molecular weight is 366 g/mol. The molecule has 0 atom stereocenters. The van der Waals surface area contributed by atoms with E-state index in [-0.39, 0.29) is 17.3 Å². The molecular weight excluding hydrogens is 352 g/mol. The lowest BCUT2D eigenvalue weighted by Crippen LogP contribution is -2.05. The zero-order valence-electron chi connectivity index (χ0n) is 13.8. The van der Waals surface area contributed by atoms with Crippen LogP contribution in [0.4, 0.5) is 0 Å². The second-order valence-corrected chi connectivity index (χ2v) is 6.60. The molecule has 26 heavy (non-hydrogen) atoms. The number of carbonyl (C=O) groups excluding carboxylic acids is 1. The van der Waals surface area contributed by atoms with Crippen LogP contribution in [0.5, 0.6) is 5.75 Å². The fraction of sp³-hybridized carbons (Fsp3) is 0.111. The molecule has 0 unspecified atom stereocenters. The van der Waals surface area contributed by atoms with Crippen molar-refractivity contribution in [3.8, 4) is 11.4 Å². The van der Waals surface area contributed by atoms with Crippen LogP contribution in [-0.2, 0) is 0 Å². The Bertz CT molecular complexity index is 1090. The van der Waals surface area contributed by atoms with Crippen molar-refractivity contribution in [1.82, 2.24) is 20.2 Å². The van der Waals surface area contributed by atoms with Crippen LogP contribution in [0.1, 0.15) is 16.1 Å². The predicted molar refractivity (Wildman–Crippen MR) is 96.8 cm³/mol. The molecule has 0 saturated carbocycles. The number of aromatic hydroxyl groups is 1. The molecule has 0 amide bonds. The number of ketones is 1.